The average Bonchev–Trinajstić information content (AvgIpc) is 2.68. The fourth-order valence-corrected chi connectivity index (χ4v) is 2.70. The molecule has 1 aromatic heterocycles. The van der Waals surface area contributed by atoms with E-state index in [0.717, 1.165) is 23.9 Å². The van der Waals surface area contributed by atoms with Crippen LogP contribution in [0.4, 0.5) is 22.0 Å². The van der Waals surface area contributed by atoms with Crippen molar-refractivity contribution in [1.29, 1.82) is 0 Å². The summed E-state index contributed by atoms with van der Waals surface area (Å²) in [7, 11) is 1.81. The van der Waals surface area contributed by atoms with Crippen LogP contribution in [0.25, 0.3) is 0 Å². The number of ether oxygens (including phenoxy) is 1. The van der Waals surface area contributed by atoms with Crippen molar-refractivity contribution in [3.8, 4) is 5.75 Å². The highest BCUT2D eigenvalue weighted by Crippen LogP contribution is 2.35. The normalized spacial score (nSPS) is 17.8. The molecule has 12 heteroatoms. The van der Waals surface area contributed by atoms with Crippen molar-refractivity contribution in [2.45, 2.75) is 45.0 Å². The van der Waals surface area contributed by atoms with Crippen molar-refractivity contribution < 1.29 is 36.3 Å². The number of carbonyl (C=O) groups excluding carboxylic acids is 2. The predicted molar refractivity (Wildman–Crippen MR) is 105 cm³/mol. The maximum absolute atomic E-state index is 12.9. The highest BCUT2D eigenvalue weighted by molar-refractivity contribution is 5.92. The van der Waals surface area contributed by atoms with Gasteiger partial charge in [-0.05, 0) is 37.6 Å². The van der Waals surface area contributed by atoms with Crippen LogP contribution in [0, 0.1) is 0 Å². The van der Waals surface area contributed by atoms with E-state index in [0.29, 0.717) is 5.82 Å². The quantitative estimate of drug-likeness (QED) is 0.609. The van der Waals surface area contributed by atoms with Gasteiger partial charge in [0.1, 0.15) is 17.3 Å². The summed E-state index contributed by atoms with van der Waals surface area (Å²) in [6.07, 6.45) is -1.22. The van der Waals surface area contributed by atoms with E-state index in [9.17, 15) is 31.5 Å². The molecule has 2 unspecified atom stereocenters. The molecular weight excluding hydrogens is 439 g/mol. The smallest absolute Gasteiger partial charge is 0.456 e. The molecule has 0 spiro atoms. The molecule has 0 bridgehead atoms. The highest BCUT2D eigenvalue weighted by Gasteiger charge is 2.58. The topological polar surface area (TPSA) is 83.6 Å². The lowest BCUT2D eigenvalue weighted by atomic mass is 10.0. The van der Waals surface area contributed by atoms with Gasteiger partial charge in [0.25, 0.3) is 5.91 Å². The fraction of sp³-hybridized carbons (Fsp3) is 0.450. The maximum atomic E-state index is 12.9. The van der Waals surface area contributed by atoms with Gasteiger partial charge in [-0.3, -0.25) is 9.59 Å². The Morgan fingerprint density at radius 3 is 2.44 bits per heavy atom. The molecule has 0 aliphatic carbocycles. The number of pyridine rings is 1. The number of nitrogens with zero attached hydrogens (tertiary/aromatic N) is 2. The van der Waals surface area contributed by atoms with Crippen molar-refractivity contribution in [1.82, 2.24) is 20.5 Å². The first-order valence-electron chi connectivity index (χ1n) is 9.49. The molecule has 2 amide bonds. The fourth-order valence-electron chi connectivity index (χ4n) is 2.70. The van der Waals surface area contributed by atoms with E-state index in [2.05, 4.69) is 20.4 Å². The number of rotatable bonds is 7. The molecule has 2 rings (SSSR count). The van der Waals surface area contributed by atoms with Crippen LogP contribution in [0.2, 0.25) is 0 Å². The Kier molecular flexibility index (Phi) is 7.47. The molecule has 7 nitrogen and oxygen atoms in total. The van der Waals surface area contributed by atoms with Crippen LogP contribution >= 0.6 is 0 Å². The largest absolute Gasteiger partial charge is 0.485 e. The van der Waals surface area contributed by atoms with Gasteiger partial charge in [0.15, 0.2) is 6.61 Å². The van der Waals surface area contributed by atoms with Gasteiger partial charge in [-0.2, -0.15) is 22.0 Å². The first-order valence-corrected chi connectivity index (χ1v) is 9.49. The molecule has 1 aromatic rings. The lowest BCUT2D eigenvalue weighted by Gasteiger charge is -2.33. The van der Waals surface area contributed by atoms with Crippen molar-refractivity contribution in [2.24, 2.45) is 0 Å². The lowest BCUT2D eigenvalue weighted by molar-refractivity contribution is -0.290. The Bertz CT molecular complexity index is 913. The van der Waals surface area contributed by atoms with Crippen molar-refractivity contribution in [2.75, 3.05) is 13.7 Å². The molecule has 0 saturated carbocycles. The SMILES string of the molecule is CC(=O)NC1=CC(C(C)NC(=O)c2ccc(OCC(F)(F)C(F)(F)F)cn2)=CC(C)N1C. The van der Waals surface area contributed by atoms with Crippen LogP contribution in [0.3, 0.4) is 0 Å². The summed E-state index contributed by atoms with van der Waals surface area (Å²) in [4.78, 5) is 29.5. The summed E-state index contributed by atoms with van der Waals surface area (Å²) < 4.78 is 66.8. The number of alkyl halides is 5. The summed E-state index contributed by atoms with van der Waals surface area (Å²) in [5, 5.41) is 5.43. The third kappa shape index (κ3) is 6.17. The number of amides is 2. The number of likely N-dealkylation sites (N-methyl/N-ethyl adjacent to an activating group) is 1. The van der Waals surface area contributed by atoms with Gasteiger partial charge in [0, 0.05) is 20.0 Å². The van der Waals surface area contributed by atoms with Gasteiger partial charge >= 0.3 is 12.1 Å². The van der Waals surface area contributed by atoms with E-state index < -0.39 is 30.7 Å². The molecule has 0 radical (unpaired) electrons. The predicted octanol–water partition coefficient (Wildman–Crippen LogP) is 3.01. The molecule has 2 N–H and O–H groups in total. The number of aromatic nitrogens is 1. The minimum absolute atomic E-state index is 0.0550. The van der Waals surface area contributed by atoms with Crippen LogP contribution in [-0.4, -0.2) is 59.5 Å². The van der Waals surface area contributed by atoms with Crippen molar-refractivity contribution in [3.63, 3.8) is 0 Å². The zero-order valence-corrected chi connectivity index (χ0v) is 17.8. The standard InChI is InChI=1S/C20H23F5N4O3/c1-11-7-14(8-17(29(11)4)28-13(3)30)12(2)27-18(31)16-6-5-15(9-26-16)32-10-19(21,22)20(23,24)25/h5-9,11-12H,10H2,1-4H3,(H,27,31)(H,28,30). The second-order valence-corrected chi connectivity index (χ2v) is 7.29. The number of nitrogens with one attached hydrogen (secondary N) is 2. The molecule has 2 atom stereocenters. The summed E-state index contributed by atoms with van der Waals surface area (Å²) in [5.74, 6) is -5.62. The molecule has 0 saturated heterocycles. The maximum Gasteiger partial charge on any atom is 0.456 e. The number of halogens is 5. The Balaban J connectivity index is 2.02. The van der Waals surface area contributed by atoms with Gasteiger partial charge in [0.05, 0.1) is 12.2 Å². The third-order valence-electron chi connectivity index (χ3n) is 4.68. The Morgan fingerprint density at radius 1 is 1.25 bits per heavy atom. The Morgan fingerprint density at radius 2 is 1.91 bits per heavy atom. The van der Waals surface area contributed by atoms with Gasteiger partial charge in [-0.25, -0.2) is 4.98 Å². The molecule has 1 aliphatic heterocycles. The van der Waals surface area contributed by atoms with E-state index in [-0.39, 0.29) is 23.4 Å². The molecular formula is C20H23F5N4O3. The van der Waals surface area contributed by atoms with Crippen LogP contribution < -0.4 is 15.4 Å². The Labute approximate surface area is 181 Å². The van der Waals surface area contributed by atoms with Crippen LogP contribution in [0.1, 0.15) is 31.3 Å². The molecule has 32 heavy (non-hydrogen) atoms. The summed E-state index contributed by atoms with van der Waals surface area (Å²) >= 11 is 0. The molecule has 176 valence electrons. The van der Waals surface area contributed by atoms with Gasteiger partial charge in [-0.1, -0.05) is 6.08 Å². The second kappa shape index (κ2) is 9.53. The number of hydrogen-bond donors (Lipinski definition) is 2. The number of hydrogen-bond acceptors (Lipinski definition) is 5. The van der Waals surface area contributed by atoms with Gasteiger partial charge in [0.2, 0.25) is 5.91 Å². The van der Waals surface area contributed by atoms with E-state index >= 15 is 0 Å². The molecule has 0 fully saturated rings. The third-order valence-corrected chi connectivity index (χ3v) is 4.68. The summed E-state index contributed by atoms with van der Waals surface area (Å²) in [6, 6.07) is 1.70. The first kappa shape index (κ1) is 25.1. The highest BCUT2D eigenvalue weighted by atomic mass is 19.4. The van der Waals surface area contributed by atoms with E-state index in [1.165, 1.54) is 6.92 Å². The van der Waals surface area contributed by atoms with E-state index in [1.807, 2.05) is 17.9 Å². The second-order valence-electron chi connectivity index (χ2n) is 7.29. The summed E-state index contributed by atoms with van der Waals surface area (Å²) in [6.45, 7) is 3.11. The van der Waals surface area contributed by atoms with Crippen LogP contribution in [0.15, 0.2) is 41.9 Å². The van der Waals surface area contributed by atoms with Crippen molar-refractivity contribution >= 4 is 11.8 Å². The minimum atomic E-state index is -5.73. The lowest BCUT2D eigenvalue weighted by Crippen LogP contribution is -2.42. The monoisotopic (exact) mass is 462 g/mol. The van der Waals surface area contributed by atoms with Crippen molar-refractivity contribution in [3.05, 3.63) is 47.6 Å². The molecule has 0 aromatic carbocycles. The average molecular weight is 462 g/mol. The zero-order valence-electron chi connectivity index (χ0n) is 17.8. The van der Waals surface area contributed by atoms with Crippen LogP contribution in [0.5, 0.6) is 5.75 Å². The van der Waals surface area contributed by atoms with E-state index in [1.54, 1.807) is 20.0 Å². The van der Waals surface area contributed by atoms with Gasteiger partial charge in [-0.15, -0.1) is 0 Å². The van der Waals surface area contributed by atoms with Crippen LogP contribution in [-0.2, 0) is 4.79 Å². The summed E-state index contributed by atoms with van der Waals surface area (Å²) in [5.41, 5.74) is 0.654. The number of carbonyl (C=O) groups is 2. The minimum Gasteiger partial charge on any atom is -0.485 e. The van der Waals surface area contributed by atoms with E-state index in [4.69, 9.17) is 0 Å². The first-order chi connectivity index (χ1) is 14.7. The Hall–Kier alpha value is -3.18. The van der Waals surface area contributed by atoms with Gasteiger partial charge < -0.3 is 20.3 Å². The molecule has 1 aliphatic rings. The zero-order chi connectivity index (χ0) is 24.3. The molecule has 2 heterocycles.